The maximum Gasteiger partial charge on any atom is 0.356 e. The van der Waals surface area contributed by atoms with Crippen LogP contribution in [0.4, 0.5) is 5.95 Å². The first kappa shape index (κ1) is 26.6. The lowest BCUT2D eigenvalue weighted by atomic mass is 10.0. The molecule has 0 aliphatic carbocycles. The van der Waals surface area contributed by atoms with Crippen molar-refractivity contribution < 1.29 is 23.9 Å². The number of esters is 2. The van der Waals surface area contributed by atoms with Gasteiger partial charge in [-0.15, -0.1) is 11.8 Å². The number of H-pyrrole nitrogens is 1. The van der Waals surface area contributed by atoms with Gasteiger partial charge in [0.25, 0.3) is 5.91 Å². The zero-order valence-corrected chi connectivity index (χ0v) is 23.3. The normalized spacial score (nSPS) is 18.2. The lowest BCUT2D eigenvalue weighted by molar-refractivity contribution is -0.152. The number of carbonyl (C=O) groups is 3. The summed E-state index contributed by atoms with van der Waals surface area (Å²) in [7, 11) is 0. The molecule has 1 aromatic heterocycles. The van der Waals surface area contributed by atoms with Crippen LogP contribution in [0.5, 0.6) is 0 Å². The highest BCUT2D eigenvalue weighted by Crippen LogP contribution is 2.42. The minimum Gasteiger partial charge on any atom is -0.461 e. The number of hydrogen-bond acceptors (Lipinski definition) is 8. The number of ether oxygens (including phenoxy) is 2. The number of hydrogen-bond donors (Lipinski definition) is 2. The highest BCUT2D eigenvalue weighted by molar-refractivity contribution is 8.00. The van der Waals surface area contributed by atoms with Gasteiger partial charge >= 0.3 is 11.9 Å². The number of rotatable bonds is 8. The number of anilines is 1. The molecule has 3 heterocycles. The number of amides is 1. The molecular formula is C31H28N4O5S. The summed E-state index contributed by atoms with van der Waals surface area (Å²) in [4.78, 5) is 48.4. The van der Waals surface area contributed by atoms with E-state index in [0.29, 0.717) is 17.3 Å². The topological polar surface area (TPSA) is 114 Å². The Morgan fingerprint density at radius 1 is 1.05 bits per heavy atom. The van der Waals surface area contributed by atoms with Crippen molar-refractivity contribution in [3.05, 3.63) is 107 Å². The molecule has 2 N–H and O–H groups in total. The molecule has 2 aliphatic heterocycles. The minimum absolute atomic E-state index is 0.106. The van der Waals surface area contributed by atoms with Gasteiger partial charge < -0.3 is 19.8 Å². The maximum atomic E-state index is 13.9. The highest BCUT2D eigenvalue weighted by Gasteiger charge is 2.54. The number of aromatic nitrogens is 2. The molecule has 41 heavy (non-hydrogen) atoms. The SMILES string of the molecule is CC(=O)OCC1=C(C(=O)OC(c2ccccc2)c2ccccc2)N2C(=O)[C@@H](Nc3nc4c(C)cccc4[nH]3)C2SC1. The predicted molar refractivity (Wildman–Crippen MR) is 156 cm³/mol. The summed E-state index contributed by atoms with van der Waals surface area (Å²) < 4.78 is 11.4. The standard InChI is InChI=1S/C31H28N4O5S/c1-18-10-9-15-23-24(18)33-31(32-23)34-25-28(37)35-26(22(16-39-19(2)36)17-41-29(25)35)30(38)40-27(20-11-5-3-6-12-20)21-13-7-4-8-14-21/h3-15,25,27,29H,16-17H2,1-2H3,(H2,32,33,34)/t25-,29?/m1/s1. The highest BCUT2D eigenvalue weighted by atomic mass is 32.2. The van der Waals surface area contributed by atoms with Gasteiger partial charge in [-0.1, -0.05) is 72.8 Å². The number of aryl methyl sites for hydroxylation is 1. The van der Waals surface area contributed by atoms with Gasteiger partial charge in [0.1, 0.15) is 23.7 Å². The van der Waals surface area contributed by atoms with Crippen LogP contribution in [0.25, 0.3) is 11.0 Å². The number of para-hydroxylation sites is 1. The number of nitrogens with zero attached hydrogens (tertiary/aromatic N) is 2. The van der Waals surface area contributed by atoms with Crippen LogP contribution < -0.4 is 5.32 Å². The summed E-state index contributed by atoms with van der Waals surface area (Å²) in [5.41, 5.74) is 4.96. The molecule has 9 nitrogen and oxygen atoms in total. The van der Waals surface area contributed by atoms with Gasteiger partial charge in [0, 0.05) is 18.2 Å². The van der Waals surface area contributed by atoms with E-state index in [-0.39, 0.29) is 23.6 Å². The van der Waals surface area contributed by atoms with Crippen LogP contribution in [0.2, 0.25) is 0 Å². The molecule has 1 saturated heterocycles. The quantitative estimate of drug-likeness (QED) is 0.232. The summed E-state index contributed by atoms with van der Waals surface area (Å²) in [6, 6.07) is 24.1. The lowest BCUT2D eigenvalue weighted by Crippen LogP contribution is -2.68. The van der Waals surface area contributed by atoms with Crippen LogP contribution >= 0.6 is 11.8 Å². The average molecular weight is 569 g/mol. The van der Waals surface area contributed by atoms with Crippen LogP contribution in [0.3, 0.4) is 0 Å². The third-order valence-electron chi connectivity index (χ3n) is 7.13. The van der Waals surface area contributed by atoms with Crippen molar-refractivity contribution in [2.24, 2.45) is 0 Å². The Morgan fingerprint density at radius 2 is 1.73 bits per heavy atom. The summed E-state index contributed by atoms with van der Waals surface area (Å²) >= 11 is 1.49. The Kier molecular flexibility index (Phi) is 7.23. The molecular weight excluding hydrogens is 540 g/mol. The van der Waals surface area contributed by atoms with E-state index in [4.69, 9.17) is 9.47 Å². The van der Waals surface area contributed by atoms with Crippen molar-refractivity contribution in [1.29, 1.82) is 0 Å². The second-order valence-electron chi connectivity index (χ2n) is 9.93. The van der Waals surface area contributed by atoms with E-state index >= 15 is 0 Å². The molecule has 0 spiro atoms. The largest absolute Gasteiger partial charge is 0.461 e. The number of β-lactam (4-membered cyclic amide) rings is 1. The molecule has 0 saturated carbocycles. The van der Waals surface area contributed by atoms with Crippen molar-refractivity contribution in [1.82, 2.24) is 14.9 Å². The van der Waals surface area contributed by atoms with Gasteiger partial charge in [-0.2, -0.15) is 0 Å². The van der Waals surface area contributed by atoms with Gasteiger partial charge in [-0.3, -0.25) is 14.5 Å². The molecule has 10 heteroatoms. The maximum absolute atomic E-state index is 13.9. The van der Waals surface area contributed by atoms with Crippen molar-refractivity contribution in [3.8, 4) is 0 Å². The van der Waals surface area contributed by atoms with Crippen molar-refractivity contribution >= 4 is 46.6 Å². The fourth-order valence-electron chi connectivity index (χ4n) is 5.11. The van der Waals surface area contributed by atoms with Gasteiger partial charge in [-0.25, -0.2) is 9.78 Å². The third kappa shape index (κ3) is 5.18. The first-order chi connectivity index (χ1) is 19.9. The van der Waals surface area contributed by atoms with Crippen LogP contribution in [-0.4, -0.2) is 56.5 Å². The van der Waals surface area contributed by atoms with Crippen LogP contribution in [-0.2, 0) is 23.9 Å². The van der Waals surface area contributed by atoms with E-state index in [2.05, 4.69) is 15.3 Å². The fraction of sp³-hybridized carbons (Fsp3) is 0.226. The van der Waals surface area contributed by atoms with Crippen molar-refractivity contribution in [2.75, 3.05) is 17.7 Å². The Balaban J connectivity index is 1.29. The smallest absolute Gasteiger partial charge is 0.356 e. The minimum atomic E-state index is -0.690. The number of benzene rings is 3. The second kappa shape index (κ2) is 11.1. The molecule has 1 unspecified atom stereocenters. The van der Waals surface area contributed by atoms with E-state index in [1.165, 1.54) is 23.6 Å². The molecule has 0 radical (unpaired) electrons. The first-order valence-corrected chi connectivity index (χ1v) is 14.3. The molecule has 1 fully saturated rings. The number of carbonyl (C=O) groups excluding carboxylic acids is 3. The van der Waals surface area contributed by atoms with E-state index in [1.54, 1.807) is 0 Å². The Bertz CT molecular complexity index is 1610. The number of nitrogens with one attached hydrogen (secondary N) is 2. The summed E-state index contributed by atoms with van der Waals surface area (Å²) in [6.07, 6.45) is -0.690. The van der Waals surface area contributed by atoms with E-state index in [9.17, 15) is 14.4 Å². The monoisotopic (exact) mass is 568 g/mol. The zero-order valence-electron chi connectivity index (χ0n) is 22.5. The second-order valence-corrected chi connectivity index (χ2v) is 11.0. The molecule has 2 aliphatic rings. The average Bonchev–Trinajstić information content (AvgIpc) is 3.42. The van der Waals surface area contributed by atoms with Gasteiger partial charge in [0.15, 0.2) is 6.10 Å². The van der Waals surface area contributed by atoms with E-state index in [0.717, 1.165) is 27.7 Å². The third-order valence-corrected chi connectivity index (χ3v) is 8.47. The predicted octanol–water partition coefficient (Wildman–Crippen LogP) is 4.72. The summed E-state index contributed by atoms with van der Waals surface area (Å²) in [5, 5.41) is 2.85. The Labute approximate surface area is 240 Å². The van der Waals surface area contributed by atoms with Crippen molar-refractivity contribution in [2.45, 2.75) is 31.4 Å². The Hall–Kier alpha value is -4.57. The molecule has 6 rings (SSSR count). The van der Waals surface area contributed by atoms with E-state index in [1.807, 2.05) is 85.8 Å². The fourth-order valence-corrected chi connectivity index (χ4v) is 6.44. The number of fused-ring (bicyclic) bond motifs is 2. The number of aromatic amines is 1. The molecule has 4 aromatic rings. The molecule has 3 aromatic carbocycles. The van der Waals surface area contributed by atoms with Crippen LogP contribution in [0, 0.1) is 6.92 Å². The number of imidazole rings is 1. The van der Waals surface area contributed by atoms with Gasteiger partial charge in [-0.05, 0) is 29.7 Å². The van der Waals surface area contributed by atoms with Gasteiger partial charge in [0.05, 0.1) is 11.0 Å². The van der Waals surface area contributed by atoms with Crippen LogP contribution in [0.15, 0.2) is 90.1 Å². The van der Waals surface area contributed by atoms with Crippen LogP contribution in [0.1, 0.15) is 29.7 Å². The van der Waals surface area contributed by atoms with E-state index < -0.39 is 24.1 Å². The zero-order chi connectivity index (χ0) is 28.5. The summed E-state index contributed by atoms with van der Waals surface area (Å²) in [6.45, 7) is 3.18. The molecule has 1 amide bonds. The summed E-state index contributed by atoms with van der Waals surface area (Å²) in [5.74, 6) is -0.535. The molecule has 2 atom stereocenters. The van der Waals surface area contributed by atoms with Gasteiger partial charge in [0.2, 0.25) is 5.95 Å². The molecule has 208 valence electrons. The Morgan fingerprint density at radius 3 is 2.37 bits per heavy atom. The number of thioether (sulfide) groups is 1. The molecule has 0 bridgehead atoms. The van der Waals surface area contributed by atoms with Crippen molar-refractivity contribution in [3.63, 3.8) is 0 Å². The first-order valence-electron chi connectivity index (χ1n) is 13.2. The lowest BCUT2D eigenvalue weighted by Gasteiger charge is -2.49.